The Morgan fingerprint density at radius 2 is 2.07 bits per heavy atom. The molecule has 0 aromatic carbocycles. The Bertz CT molecular complexity index is 196. The highest BCUT2D eigenvalue weighted by Gasteiger charge is 2.18. The molecule has 0 aromatic heterocycles. The zero-order valence-corrected chi connectivity index (χ0v) is 8.12. The first-order valence-electron chi connectivity index (χ1n) is 4.49. The molecule has 0 aliphatic rings. The molecule has 0 saturated carbocycles. The molecule has 2 amide bonds. The lowest BCUT2D eigenvalue weighted by molar-refractivity contribution is -0.139. The van der Waals surface area contributed by atoms with Crippen LogP contribution < -0.4 is 10.6 Å². The number of urea groups is 1. The van der Waals surface area contributed by atoms with Crippen LogP contribution in [0.25, 0.3) is 0 Å². The molecule has 0 saturated heterocycles. The topological polar surface area (TPSA) is 98.7 Å². The highest BCUT2D eigenvalue weighted by molar-refractivity contribution is 5.82. The molecule has 0 aliphatic carbocycles. The van der Waals surface area contributed by atoms with Crippen molar-refractivity contribution in [2.75, 3.05) is 13.2 Å². The van der Waals surface area contributed by atoms with E-state index in [2.05, 4.69) is 10.6 Å². The predicted molar refractivity (Wildman–Crippen MR) is 50.0 cm³/mol. The van der Waals surface area contributed by atoms with Gasteiger partial charge in [0.25, 0.3) is 0 Å². The zero-order chi connectivity index (χ0) is 11.0. The number of rotatable bonds is 6. The van der Waals surface area contributed by atoms with E-state index >= 15 is 0 Å². The van der Waals surface area contributed by atoms with Crippen molar-refractivity contribution in [2.45, 2.75) is 25.8 Å². The fourth-order valence-corrected chi connectivity index (χ4v) is 0.834. The molecule has 6 nitrogen and oxygen atoms in total. The highest BCUT2D eigenvalue weighted by atomic mass is 16.4. The minimum atomic E-state index is -1.15. The third-order valence-electron chi connectivity index (χ3n) is 1.56. The van der Waals surface area contributed by atoms with Crippen molar-refractivity contribution in [1.29, 1.82) is 0 Å². The molecular formula is C8H16N2O4. The number of hydrogen-bond donors (Lipinski definition) is 4. The average molecular weight is 204 g/mol. The van der Waals surface area contributed by atoms with E-state index in [1.807, 2.05) is 6.92 Å². The Hall–Kier alpha value is -1.30. The molecular weight excluding hydrogens is 188 g/mol. The lowest BCUT2D eigenvalue weighted by Gasteiger charge is -2.13. The van der Waals surface area contributed by atoms with Gasteiger partial charge in [-0.1, -0.05) is 6.92 Å². The van der Waals surface area contributed by atoms with Crippen LogP contribution >= 0.6 is 0 Å². The van der Waals surface area contributed by atoms with Gasteiger partial charge in [-0.3, -0.25) is 0 Å². The normalized spacial score (nSPS) is 11.9. The van der Waals surface area contributed by atoms with Gasteiger partial charge in [0.2, 0.25) is 0 Å². The van der Waals surface area contributed by atoms with Gasteiger partial charge < -0.3 is 20.8 Å². The van der Waals surface area contributed by atoms with Crippen LogP contribution in [0.15, 0.2) is 0 Å². The lowest BCUT2D eigenvalue weighted by atomic mass is 10.2. The number of carboxylic acid groups (broad SMARTS) is 1. The largest absolute Gasteiger partial charge is 0.480 e. The number of aliphatic carboxylic acids is 1. The highest BCUT2D eigenvalue weighted by Crippen LogP contribution is 1.90. The molecule has 4 N–H and O–H groups in total. The Morgan fingerprint density at radius 3 is 2.50 bits per heavy atom. The Kier molecular flexibility index (Phi) is 6.47. The minimum absolute atomic E-state index is 0.00881. The summed E-state index contributed by atoms with van der Waals surface area (Å²) >= 11 is 0. The molecule has 0 rings (SSSR count). The van der Waals surface area contributed by atoms with Crippen molar-refractivity contribution in [2.24, 2.45) is 0 Å². The summed E-state index contributed by atoms with van der Waals surface area (Å²) in [7, 11) is 0. The van der Waals surface area contributed by atoms with E-state index < -0.39 is 18.0 Å². The van der Waals surface area contributed by atoms with Crippen LogP contribution in [0.3, 0.4) is 0 Å². The number of nitrogens with one attached hydrogen (secondary N) is 2. The number of aliphatic hydroxyl groups excluding tert-OH is 1. The molecule has 0 unspecified atom stereocenters. The standard InChI is InChI=1S/C8H16N2O4/c1-2-4-9-8(14)10-6(3-5-11)7(12)13/h6,11H,2-5H2,1H3,(H,12,13)(H2,9,10,14)/t6-/m1/s1. The van der Waals surface area contributed by atoms with Gasteiger partial charge in [0.1, 0.15) is 6.04 Å². The summed E-state index contributed by atoms with van der Waals surface area (Å²) in [6.07, 6.45) is 0.792. The van der Waals surface area contributed by atoms with Crippen molar-refractivity contribution < 1.29 is 19.8 Å². The van der Waals surface area contributed by atoms with Crippen LogP contribution in [0.2, 0.25) is 0 Å². The molecule has 6 heteroatoms. The number of carbonyl (C=O) groups is 2. The van der Waals surface area contributed by atoms with Gasteiger partial charge in [-0.25, -0.2) is 9.59 Å². The second-order valence-corrected chi connectivity index (χ2v) is 2.80. The van der Waals surface area contributed by atoms with Gasteiger partial charge in [0.15, 0.2) is 0 Å². The third kappa shape index (κ3) is 5.36. The van der Waals surface area contributed by atoms with Gasteiger partial charge >= 0.3 is 12.0 Å². The second-order valence-electron chi connectivity index (χ2n) is 2.80. The molecule has 0 bridgehead atoms. The van der Waals surface area contributed by atoms with Crippen LogP contribution in [0.4, 0.5) is 4.79 Å². The Balaban J connectivity index is 3.90. The summed E-state index contributed by atoms with van der Waals surface area (Å²) in [5.41, 5.74) is 0. The van der Waals surface area contributed by atoms with E-state index in [9.17, 15) is 9.59 Å². The van der Waals surface area contributed by atoms with Crippen molar-refractivity contribution >= 4 is 12.0 Å². The van der Waals surface area contributed by atoms with Crippen LogP contribution in [0.5, 0.6) is 0 Å². The summed E-state index contributed by atoms with van der Waals surface area (Å²) in [6, 6.07) is -1.55. The van der Waals surface area contributed by atoms with Crippen molar-refractivity contribution in [3.63, 3.8) is 0 Å². The average Bonchev–Trinajstić information content (AvgIpc) is 2.14. The van der Waals surface area contributed by atoms with Gasteiger partial charge in [-0.2, -0.15) is 0 Å². The summed E-state index contributed by atoms with van der Waals surface area (Å²) in [6.45, 7) is 2.12. The maximum atomic E-state index is 11.0. The lowest BCUT2D eigenvalue weighted by Crippen LogP contribution is -2.46. The van der Waals surface area contributed by atoms with E-state index in [0.717, 1.165) is 6.42 Å². The number of carbonyl (C=O) groups excluding carboxylic acids is 1. The van der Waals surface area contributed by atoms with Crippen LogP contribution in [0.1, 0.15) is 19.8 Å². The quantitative estimate of drug-likeness (QED) is 0.470. The molecule has 0 fully saturated rings. The predicted octanol–water partition coefficient (Wildman–Crippen LogP) is -0.469. The fourth-order valence-electron chi connectivity index (χ4n) is 0.834. The first-order valence-corrected chi connectivity index (χ1v) is 4.49. The molecule has 0 aromatic rings. The molecule has 0 heterocycles. The van der Waals surface area contributed by atoms with Crippen molar-refractivity contribution in [3.8, 4) is 0 Å². The fraction of sp³-hybridized carbons (Fsp3) is 0.750. The Labute approximate surface area is 82.3 Å². The van der Waals surface area contributed by atoms with Crippen molar-refractivity contribution in [3.05, 3.63) is 0 Å². The molecule has 0 aliphatic heterocycles. The van der Waals surface area contributed by atoms with E-state index in [4.69, 9.17) is 10.2 Å². The molecule has 1 atom stereocenters. The summed E-state index contributed by atoms with van der Waals surface area (Å²) in [5, 5.41) is 21.9. The van der Waals surface area contributed by atoms with Gasteiger partial charge in [-0.15, -0.1) is 0 Å². The first kappa shape index (κ1) is 12.7. The number of hydrogen-bond acceptors (Lipinski definition) is 3. The van der Waals surface area contributed by atoms with E-state index in [1.165, 1.54) is 0 Å². The first-order chi connectivity index (χ1) is 6.61. The van der Waals surface area contributed by atoms with Gasteiger partial charge in [0.05, 0.1) is 0 Å². The number of aliphatic hydroxyl groups is 1. The summed E-state index contributed by atoms with van der Waals surface area (Å²) < 4.78 is 0. The van der Waals surface area contributed by atoms with Crippen LogP contribution in [0, 0.1) is 0 Å². The maximum Gasteiger partial charge on any atom is 0.326 e. The molecule has 14 heavy (non-hydrogen) atoms. The molecule has 82 valence electrons. The van der Waals surface area contributed by atoms with Crippen LogP contribution in [-0.4, -0.2) is 41.4 Å². The summed E-state index contributed by atoms with van der Waals surface area (Å²) in [4.78, 5) is 21.6. The van der Waals surface area contributed by atoms with Gasteiger partial charge in [0, 0.05) is 19.6 Å². The van der Waals surface area contributed by atoms with E-state index in [1.54, 1.807) is 0 Å². The summed E-state index contributed by atoms with van der Waals surface area (Å²) in [5.74, 6) is -1.15. The van der Waals surface area contributed by atoms with E-state index in [-0.39, 0.29) is 13.0 Å². The monoisotopic (exact) mass is 204 g/mol. The number of carboxylic acids is 1. The smallest absolute Gasteiger partial charge is 0.326 e. The number of amides is 2. The third-order valence-corrected chi connectivity index (χ3v) is 1.56. The minimum Gasteiger partial charge on any atom is -0.480 e. The maximum absolute atomic E-state index is 11.0. The van der Waals surface area contributed by atoms with Gasteiger partial charge in [-0.05, 0) is 6.42 Å². The molecule has 0 radical (unpaired) electrons. The Morgan fingerprint density at radius 1 is 1.43 bits per heavy atom. The second kappa shape index (κ2) is 7.14. The van der Waals surface area contributed by atoms with Crippen LogP contribution in [-0.2, 0) is 4.79 Å². The van der Waals surface area contributed by atoms with Crippen molar-refractivity contribution in [1.82, 2.24) is 10.6 Å². The SMILES string of the molecule is CCCNC(=O)N[C@H](CCO)C(=O)O. The van der Waals surface area contributed by atoms with E-state index in [0.29, 0.717) is 6.54 Å². The zero-order valence-electron chi connectivity index (χ0n) is 8.12. The molecule has 0 spiro atoms.